The Labute approximate surface area is 94.4 Å². The van der Waals surface area contributed by atoms with Gasteiger partial charge in [0.1, 0.15) is 0 Å². The van der Waals surface area contributed by atoms with Gasteiger partial charge in [0.2, 0.25) is 0 Å². The fourth-order valence-corrected chi connectivity index (χ4v) is 3.35. The first-order chi connectivity index (χ1) is 7.26. The highest BCUT2D eigenvalue weighted by atomic mass is 15.1. The summed E-state index contributed by atoms with van der Waals surface area (Å²) in [4.78, 5) is 2.64. The number of hydrogen-bond donors (Lipinski definition) is 1. The zero-order chi connectivity index (χ0) is 10.7. The average molecular weight is 210 g/mol. The molecule has 1 unspecified atom stereocenters. The molecule has 1 N–H and O–H groups in total. The van der Waals surface area contributed by atoms with E-state index in [2.05, 4.69) is 24.2 Å². The minimum absolute atomic E-state index is 0.581. The van der Waals surface area contributed by atoms with Crippen LogP contribution >= 0.6 is 0 Å². The Hall–Kier alpha value is -0.0800. The molecule has 2 heteroatoms. The van der Waals surface area contributed by atoms with Gasteiger partial charge >= 0.3 is 0 Å². The van der Waals surface area contributed by atoms with Gasteiger partial charge in [0.05, 0.1) is 0 Å². The van der Waals surface area contributed by atoms with E-state index in [0.29, 0.717) is 5.41 Å². The highest BCUT2D eigenvalue weighted by Crippen LogP contribution is 2.32. The van der Waals surface area contributed by atoms with Gasteiger partial charge in [-0.1, -0.05) is 19.8 Å². The van der Waals surface area contributed by atoms with Crippen molar-refractivity contribution in [3.63, 3.8) is 0 Å². The monoisotopic (exact) mass is 210 g/mol. The van der Waals surface area contributed by atoms with Gasteiger partial charge < -0.3 is 10.2 Å². The fraction of sp³-hybridized carbons (Fsp3) is 1.00. The van der Waals surface area contributed by atoms with Crippen molar-refractivity contribution in [2.24, 2.45) is 5.41 Å². The smallest absolute Gasteiger partial charge is 0.00924 e. The van der Waals surface area contributed by atoms with Crippen LogP contribution in [0.2, 0.25) is 0 Å². The second kappa shape index (κ2) is 4.84. The molecule has 88 valence electrons. The Morgan fingerprint density at radius 3 is 2.60 bits per heavy atom. The minimum atomic E-state index is 0.581. The van der Waals surface area contributed by atoms with Crippen LogP contribution < -0.4 is 5.32 Å². The van der Waals surface area contributed by atoms with E-state index < -0.39 is 0 Å². The van der Waals surface area contributed by atoms with Crippen LogP contribution in [0, 0.1) is 5.41 Å². The van der Waals surface area contributed by atoms with Gasteiger partial charge in [0.15, 0.2) is 0 Å². The molecule has 1 atom stereocenters. The zero-order valence-electron chi connectivity index (χ0n) is 10.4. The fourth-order valence-electron chi connectivity index (χ4n) is 3.35. The number of rotatable bonds is 4. The first-order valence-electron chi connectivity index (χ1n) is 6.67. The van der Waals surface area contributed by atoms with Crippen molar-refractivity contribution < 1.29 is 0 Å². The molecule has 15 heavy (non-hydrogen) atoms. The molecule has 2 rings (SSSR count). The van der Waals surface area contributed by atoms with E-state index in [-0.39, 0.29) is 0 Å². The van der Waals surface area contributed by atoms with Gasteiger partial charge in [-0.2, -0.15) is 0 Å². The van der Waals surface area contributed by atoms with Gasteiger partial charge in [-0.25, -0.2) is 0 Å². The van der Waals surface area contributed by atoms with E-state index in [0.717, 1.165) is 6.04 Å². The Bertz CT molecular complexity index is 191. The molecule has 1 saturated carbocycles. The summed E-state index contributed by atoms with van der Waals surface area (Å²) in [7, 11) is 2.34. The molecule has 1 aliphatic heterocycles. The normalized spacial score (nSPS) is 33.0. The molecule has 0 spiro atoms. The lowest BCUT2D eigenvalue weighted by atomic mass is 9.83. The summed E-state index contributed by atoms with van der Waals surface area (Å²) in [6, 6.07) is 0.883. The molecule has 0 amide bonds. The first kappa shape index (κ1) is 11.4. The number of nitrogens with zero attached hydrogens (tertiary/aromatic N) is 1. The van der Waals surface area contributed by atoms with Crippen LogP contribution in [0.15, 0.2) is 0 Å². The summed E-state index contributed by atoms with van der Waals surface area (Å²) >= 11 is 0. The van der Waals surface area contributed by atoms with Crippen LogP contribution in [0.25, 0.3) is 0 Å². The summed E-state index contributed by atoms with van der Waals surface area (Å²) in [6.45, 7) is 6.13. The maximum atomic E-state index is 3.53. The molecule has 0 aromatic carbocycles. The lowest BCUT2D eigenvalue weighted by molar-refractivity contribution is 0.144. The van der Waals surface area contributed by atoms with Gasteiger partial charge in [-0.3, -0.25) is 0 Å². The van der Waals surface area contributed by atoms with Gasteiger partial charge in [-0.15, -0.1) is 0 Å². The van der Waals surface area contributed by atoms with E-state index in [4.69, 9.17) is 0 Å². The molecular weight excluding hydrogens is 184 g/mol. The van der Waals surface area contributed by atoms with Crippen molar-refractivity contribution in [2.75, 3.05) is 26.7 Å². The van der Waals surface area contributed by atoms with E-state index in [1.54, 1.807) is 0 Å². The van der Waals surface area contributed by atoms with Crippen LogP contribution in [0.5, 0.6) is 0 Å². The molecule has 1 aliphatic carbocycles. The third kappa shape index (κ3) is 2.54. The van der Waals surface area contributed by atoms with Crippen molar-refractivity contribution in [3.05, 3.63) is 0 Å². The number of nitrogens with one attached hydrogen (secondary N) is 1. The minimum Gasteiger partial charge on any atom is -0.316 e. The Morgan fingerprint density at radius 1 is 1.33 bits per heavy atom. The Balaban J connectivity index is 1.88. The van der Waals surface area contributed by atoms with E-state index >= 15 is 0 Å². The second-order valence-corrected chi connectivity index (χ2v) is 5.63. The van der Waals surface area contributed by atoms with Crippen LogP contribution in [0.4, 0.5) is 0 Å². The van der Waals surface area contributed by atoms with Gasteiger partial charge in [0.25, 0.3) is 0 Å². The molecule has 2 aliphatic rings. The molecule has 2 fully saturated rings. The Morgan fingerprint density at radius 2 is 2.07 bits per heavy atom. The van der Waals surface area contributed by atoms with Crippen LogP contribution in [-0.2, 0) is 0 Å². The molecule has 1 saturated heterocycles. The molecule has 0 bridgehead atoms. The van der Waals surface area contributed by atoms with Crippen LogP contribution in [0.1, 0.15) is 45.4 Å². The van der Waals surface area contributed by atoms with Crippen molar-refractivity contribution in [1.82, 2.24) is 10.2 Å². The molecule has 1 heterocycles. The highest BCUT2D eigenvalue weighted by molar-refractivity contribution is 4.90. The van der Waals surface area contributed by atoms with Crippen molar-refractivity contribution in [3.8, 4) is 0 Å². The zero-order valence-corrected chi connectivity index (χ0v) is 10.4. The lowest BCUT2D eigenvalue weighted by Gasteiger charge is -2.35. The van der Waals surface area contributed by atoms with Gasteiger partial charge in [0, 0.05) is 19.1 Å². The SMILES string of the molecule is CCC1(CN(C)C2CCCC2)CCNC1. The third-order valence-electron chi connectivity index (χ3n) is 4.61. The topological polar surface area (TPSA) is 15.3 Å². The van der Waals surface area contributed by atoms with Crippen molar-refractivity contribution in [1.29, 1.82) is 0 Å². The maximum absolute atomic E-state index is 3.53. The molecular formula is C13H26N2. The average Bonchev–Trinajstić information content (AvgIpc) is 2.88. The molecule has 0 aromatic rings. The largest absolute Gasteiger partial charge is 0.316 e. The molecule has 0 radical (unpaired) electrons. The van der Waals surface area contributed by atoms with Crippen molar-refractivity contribution in [2.45, 2.75) is 51.5 Å². The highest BCUT2D eigenvalue weighted by Gasteiger charge is 2.34. The maximum Gasteiger partial charge on any atom is 0.00924 e. The van der Waals surface area contributed by atoms with Gasteiger partial charge in [-0.05, 0) is 44.7 Å². The summed E-state index contributed by atoms with van der Waals surface area (Å²) < 4.78 is 0. The summed E-state index contributed by atoms with van der Waals surface area (Å²) in [5.41, 5.74) is 0.581. The summed E-state index contributed by atoms with van der Waals surface area (Å²) in [6.07, 6.45) is 8.48. The van der Waals surface area contributed by atoms with Crippen molar-refractivity contribution >= 4 is 0 Å². The van der Waals surface area contributed by atoms with E-state index in [9.17, 15) is 0 Å². The van der Waals surface area contributed by atoms with E-state index in [1.165, 1.54) is 58.2 Å². The first-order valence-corrected chi connectivity index (χ1v) is 6.67. The van der Waals surface area contributed by atoms with E-state index in [1.807, 2.05) is 0 Å². The second-order valence-electron chi connectivity index (χ2n) is 5.63. The van der Waals surface area contributed by atoms with Crippen LogP contribution in [-0.4, -0.2) is 37.6 Å². The summed E-state index contributed by atoms with van der Waals surface area (Å²) in [5, 5.41) is 3.53. The lowest BCUT2D eigenvalue weighted by Crippen LogP contribution is -2.41. The molecule has 0 aromatic heterocycles. The Kier molecular flexibility index (Phi) is 3.68. The molecule has 2 nitrogen and oxygen atoms in total. The predicted molar refractivity (Wildman–Crippen MR) is 65.1 cm³/mol. The van der Waals surface area contributed by atoms with Crippen LogP contribution in [0.3, 0.4) is 0 Å². The predicted octanol–water partition coefficient (Wildman–Crippen LogP) is 2.25. The quantitative estimate of drug-likeness (QED) is 0.765. The standard InChI is InChI=1S/C13H26N2/c1-3-13(8-9-14-10-13)11-15(2)12-6-4-5-7-12/h12,14H,3-11H2,1-2H3. The number of hydrogen-bond acceptors (Lipinski definition) is 2. The summed E-state index contributed by atoms with van der Waals surface area (Å²) in [5.74, 6) is 0. The third-order valence-corrected chi connectivity index (χ3v) is 4.61.